The van der Waals surface area contributed by atoms with E-state index in [0.717, 1.165) is 32.7 Å². The summed E-state index contributed by atoms with van der Waals surface area (Å²) in [5, 5.41) is 2.78. The van der Waals surface area contributed by atoms with E-state index in [1.165, 1.54) is 16.5 Å². The van der Waals surface area contributed by atoms with Crippen LogP contribution in [0.15, 0.2) is 65.9 Å². The highest BCUT2D eigenvalue weighted by Gasteiger charge is 2.38. The van der Waals surface area contributed by atoms with E-state index in [1.807, 2.05) is 18.2 Å². The predicted molar refractivity (Wildman–Crippen MR) is 127 cm³/mol. The molecular formula is C26H31FN4O3. The minimum absolute atomic E-state index is 0.190. The zero-order valence-corrected chi connectivity index (χ0v) is 19.7. The second-order valence-corrected chi connectivity index (χ2v) is 8.58. The Labute approximate surface area is 199 Å². The van der Waals surface area contributed by atoms with Crippen molar-refractivity contribution in [1.29, 1.82) is 0 Å². The van der Waals surface area contributed by atoms with Gasteiger partial charge in [-0.2, -0.15) is 0 Å². The number of halogens is 1. The molecule has 180 valence electrons. The van der Waals surface area contributed by atoms with Gasteiger partial charge in [0.2, 0.25) is 0 Å². The quantitative estimate of drug-likeness (QED) is 0.635. The molecule has 2 aromatic rings. The van der Waals surface area contributed by atoms with Crippen molar-refractivity contribution in [2.45, 2.75) is 19.5 Å². The molecule has 0 bridgehead atoms. The maximum atomic E-state index is 14.7. The van der Waals surface area contributed by atoms with E-state index >= 15 is 0 Å². The number of ether oxygens (including phenoxy) is 1. The average Bonchev–Trinajstić information content (AvgIpc) is 2.84. The Morgan fingerprint density at radius 2 is 1.62 bits per heavy atom. The van der Waals surface area contributed by atoms with Gasteiger partial charge in [-0.3, -0.25) is 14.7 Å². The number of rotatable bonds is 7. The lowest BCUT2D eigenvalue weighted by atomic mass is 9.94. The molecule has 1 unspecified atom stereocenters. The third-order valence-corrected chi connectivity index (χ3v) is 6.38. The van der Waals surface area contributed by atoms with Gasteiger partial charge in [-0.05, 0) is 18.6 Å². The van der Waals surface area contributed by atoms with E-state index in [-0.39, 0.29) is 23.8 Å². The number of urea groups is 1. The van der Waals surface area contributed by atoms with Crippen molar-refractivity contribution < 1.29 is 18.7 Å². The van der Waals surface area contributed by atoms with E-state index in [2.05, 4.69) is 27.2 Å². The summed E-state index contributed by atoms with van der Waals surface area (Å²) < 4.78 is 20.0. The van der Waals surface area contributed by atoms with Crippen LogP contribution in [0.2, 0.25) is 0 Å². The van der Waals surface area contributed by atoms with Gasteiger partial charge >= 0.3 is 12.0 Å². The summed E-state index contributed by atoms with van der Waals surface area (Å²) in [5.41, 5.74) is 2.35. The number of piperazine rings is 1. The van der Waals surface area contributed by atoms with E-state index < -0.39 is 17.8 Å². The number of benzene rings is 2. The number of carbonyl (C=O) groups is 2. The first-order valence-corrected chi connectivity index (χ1v) is 11.7. The van der Waals surface area contributed by atoms with Crippen LogP contribution in [0.1, 0.15) is 24.1 Å². The van der Waals surface area contributed by atoms with Gasteiger partial charge in [0.25, 0.3) is 0 Å². The minimum Gasteiger partial charge on any atom is -0.463 e. The largest absolute Gasteiger partial charge is 0.463 e. The van der Waals surface area contributed by atoms with Crippen LogP contribution in [0.4, 0.5) is 9.18 Å². The van der Waals surface area contributed by atoms with Gasteiger partial charge in [-0.1, -0.05) is 48.5 Å². The van der Waals surface area contributed by atoms with Crippen LogP contribution in [0.5, 0.6) is 0 Å². The van der Waals surface area contributed by atoms with Gasteiger partial charge in [0, 0.05) is 57.6 Å². The first-order chi connectivity index (χ1) is 16.5. The summed E-state index contributed by atoms with van der Waals surface area (Å²) >= 11 is 0. The molecule has 1 saturated heterocycles. The summed E-state index contributed by atoms with van der Waals surface area (Å²) in [6.07, 6.45) is 0. The Balaban J connectivity index is 1.56. The molecule has 1 atom stereocenters. The van der Waals surface area contributed by atoms with Crippen LogP contribution in [0.3, 0.4) is 0 Å². The highest BCUT2D eigenvalue weighted by atomic mass is 19.1. The normalized spacial score (nSPS) is 19.8. The fourth-order valence-corrected chi connectivity index (χ4v) is 4.50. The standard InChI is InChI=1S/C26H31FN4O3/c1-3-34-25(32)23-22(29(2)26(33)28-24(23)20-11-7-8-12-21(20)27)18-31-15-13-30(14-16-31)17-19-9-5-4-6-10-19/h4-12,24H,3,13-18H2,1-2H3,(H,28,33). The Hall–Kier alpha value is -3.23. The molecule has 4 rings (SSSR count). The molecule has 2 heterocycles. The second kappa shape index (κ2) is 10.8. The first-order valence-electron chi connectivity index (χ1n) is 11.7. The number of amides is 2. The number of carbonyl (C=O) groups excluding carboxylic acids is 2. The topological polar surface area (TPSA) is 65.1 Å². The smallest absolute Gasteiger partial charge is 0.338 e. The van der Waals surface area contributed by atoms with Crippen molar-refractivity contribution >= 4 is 12.0 Å². The zero-order valence-electron chi connectivity index (χ0n) is 19.7. The predicted octanol–water partition coefficient (Wildman–Crippen LogP) is 3.16. The highest BCUT2D eigenvalue weighted by Crippen LogP contribution is 2.32. The molecule has 7 nitrogen and oxygen atoms in total. The number of nitrogens with zero attached hydrogens (tertiary/aromatic N) is 3. The monoisotopic (exact) mass is 466 g/mol. The number of esters is 1. The second-order valence-electron chi connectivity index (χ2n) is 8.58. The summed E-state index contributed by atoms with van der Waals surface area (Å²) in [4.78, 5) is 31.9. The lowest BCUT2D eigenvalue weighted by Gasteiger charge is -2.39. The zero-order chi connectivity index (χ0) is 24.1. The molecule has 0 radical (unpaired) electrons. The molecule has 1 fully saturated rings. The summed E-state index contributed by atoms with van der Waals surface area (Å²) in [6, 6.07) is 15.3. The van der Waals surface area contributed by atoms with Gasteiger partial charge in [-0.15, -0.1) is 0 Å². The molecule has 2 aromatic carbocycles. The van der Waals surface area contributed by atoms with Crippen LogP contribution < -0.4 is 5.32 Å². The first kappa shape index (κ1) is 23.9. The summed E-state index contributed by atoms with van der Waals surface area (Å²) in [5.74, 6) is -1.02. The molecule has 2 aliphatic rings. The Morgan fingerprint density at radius 3 is 2.26 bits per heavy atom. The van der Waals surface area contributed by atoms with E-state index in [4.69, 9.17) is 4.74 Å². The molecular weight excluding hydrogens is 435 g/mol. The van der Waals surface area contributed by atoms with Crippen LogP contribution in [0.25, 0.3) is 0 Å². The van der Waals surface area contributed by atoms with Gasteiger partial charge in [0.15, 0.2) is 0 Å². The van der Waals surface area contributed by atoms with Gasteiger partial charge in [0.1, 0.15) is 5.82 Å². The lowest BCUT2D eigenvalue weighted by molar-refractivity contribution is -0.139. The maximum absolute atomic E-state index is 14.7. The van der Waals surface area contributed by atoms with Gasteiger partial charge in [0.05, 0.1) is 18.2 Å². The third kappa shape index (κ3) is 5.29. The van der Waals surface area contributed by atoms with Crippen molar-refractivity contribution in [3.8, 4) is 0 Å². The Morgan fingerprint density at radius 1 is 1.00 bits per heavy atom. The molecule has 0 saturated carbocycles. The third-order valence-electron chi connectivity index (χ3n) is 6.38. The van der Waals surface area contributed by atoms with Crippen molar-refractivity contribution in [2.24, 2.45) is 0 Å². The number of likely N-dealkylation sites (N-methyl/N-ethyl adjacent to an activating group) is 1. The Bertz CT molecular complexity index is 1050. The van der Waals surface area contributed by atoms with E-state index in [9.17, 15) is 14.0 Å². The number of nitrogens with one attached hydrogen (secondary N) is 1. The maximum Gasteiger partial charge on any atom is 0.338 e. The molecule has 8 heteroatoms. The molecule has 2 aliphatic heterocycles. The molecule has 0 aromatic heterocycles. The van der Waals surface area contributed by atoms with E-state index in [1.54, 1.807) is 32.2 Å². The van der Waals surface area contributed by atoms with Crippen LogP contribution in [-0.2, 0) is 16.1 Å². The molecule has 1 N–H and O–H groups in total. The Kier molecular flexibility index (Phi) is 7.59. The molecule has 34 heavy (non-hydrogen) atoms. The molecule has 0 spiro atoms. The molecule has 2 amide bonds. The number of hydrogen-bond acceptors (Lipinski definition) is 5. The van der Waals surface area contributed by atoms with Crippen LogP contribution in [-0.4, -0.2) is 73.1 Å². The van der Waals surface area contributed by atoms with Crippen LogP contribution >= 0.6 is 0 Å². The van der Waals surface area contributed by atoms with Crippen molar-refractivity contribution in [1.82, 2.24) is 20.0 Å². The van der Waals surface area contributed by atoms with Gasteiger partial charge in [-0.25, -0.2) is 14.0 Å². The minimum atomic E-state index is -0.904. The number of hydrogen-bond donors (Lipinski definition) is 1. The van der Waals surface area contributed by atoms with Crippen molar-refractivity contribution in [3.63, 3.8) is 0 Å². The summed E-state index contributed by atoms with van der Waals surface area (Å²) in [7, 11) is 1.63. The fourth-order valence-electron chi connectivity index (χ4n) is 4.50. The van der Waals surface area contributed by atoms with Crippen molar-refractivity contribution in [2.75, 3.05) is 46.4 Å². The van der Waals surface area contributed by atoms with Crippen molar-refractivity contribution in [3.05, 3.63) is 82.8 Å². The lowest BCUT2D eigenvalue weighted by Crippen LogP contribution is -2.52. The summed E-state index contributed by atoms with van der Waals surface area (Å²) in [6.45, 7) is 6.57. The van der Waals surface area contributed by atoms with Crippen LogP contribution in [0, 0.1) is 5.82 Å². The fraction of sp³-hybridized carbons (Fsp3) is 0.385. The average molecular weight is 467 g/mol. The molecule has 0 aliphatic carbocycles. The highest BCUT2D eigenvalue weighted by molar-refractivity contribution is 5.95. The van der Waals surface area contributed by atoms with Gasteiger partial charge < -0.3 is 10.1 Å². The van der Waals surface area contributed by atoms with E-state index in [0.29, 0.717) is 12.2 Å². The SMILES string of the molecule is CCOC(=O)C1=C(CN2CCN(Cc3ccccc3)CC2)N(C)C(=O)NC1c1ccccc1F.